The molecule has 2 aliphatic heterocycles. The Hall–Kier alpha value is -6.52. The summed E-state index contributed by atoms with van der Waals surface area (Å²) in [5.74, 6) is 5.34. The summed E-state index contributed by atoms with van der Waals surface area (Å²) >= 11 is 0. The van der Waals surface area contributed by atoms with Crippen LogP contribution in [0, 0.1) is 35.5 Å². The number of furan rings is 1. The average molecular weight is 903 g/mol. The van der Waals surface area contributed by atoms with Crippen molar-refractivity contribution >= 4 is 83.7 Å². The molecule has 10 aliphatic rings. The van der Waals surface area contributed by atoms with Crippen LogP contribution >= 0.6 is 0 Å². The maximum atomic E-state index is 6.78. The Bertz CT molecular complexity index is 3860. The fourth-order valence-corrected chi connectivity index (χ4v) is 18.8. The smallest absolute Gasteiger partial charge is 0.333 e. The van der Waals surface area contributed by atoms with E-state index in [1.54, 1.807) is 11.1 Å². The summed E-state index contributed by atoms with van der Waals surface area (Å²) in [7, 11) is 0. The van der Waals surface area contributed by atoms with Gasteiger partial charge in [0.05, 0.1) is 16.7 Å². The van der Waals surface area contributed by atoms with Gasteiger partial charge in [0, 0.05) is 43.9 Å². The molecule has 8 aromatic carbocycles. The van der Waals surface area contributed by atoms with Gasteiger partial charge in [0.25, 0.3) is 0 Å². The number of rotatable bonds is 4. The molecule has 4 heteroatoms. The Balaban J connectivity index is 0.980. The number of benzene rings is 8. The van der Waals surface area contributed by atoms with E-state index in [1.165, 1.54) is 171 Å². The van der Waals surface area contributed by atoms with E-state index in [0.717, 1.165) is 46.7 Å². The van der Waals surface area contributed by atoms with Gasteiger partial charge in [0.2, 0.25) is 0 Å². The minimum atomic E-state index is -0.0453. The lowest BCUT2D eigenvalue weighted by atomic mass is 9.42. The largest absolute Gasteiger partial charge is 0.456 e. The molecule has 10 aromatic rings. The molecule has 0 unspecified atom stereocenters. The summed E-state index contributed by atoms with van der Waals surface area (Å²) in [4.78, 5) is 2.77. The third-order valence-electron chi connectivity index (χ3n) is 20.6. The van der Waals surface area contributed by atoms with Crippen molar-refractivity contribution in [1.29, 1.82) is 0 Å². The fourth-order valence-electron chi connectivity index (χ4n) is 18.8. The molecule has 8 saturated carbocycles. The van der Waals surface area contributed by atoms with Crippen molar-refractivity contribution in [1.82, 2.24) is 4.57 Å². The van der Waals surface area contributed by atoms with Crippen LogP contribution in [0.5, 0.6) is 0 Å². The van der Waals surface area contributed by atoms with E-state index in [2.05, 4.69) is 161 Å². The minimum Gasteiger partial charge on any atom is -0.456 e. The van der Waals surface area contributed by atoms with Gasteiger partial charge in [0.15, 0.2) is 0 Å². The van der Waals surface area contributed by atoms with Crippen molar-refractivity contribution < 1.29 is 4.42 Å². The molecule has 0 saturated heterocycles. The van der Waals surface area contributed by atoms with Gasteiger partial charge in [-0.3, -0.25) is 0 Å². The predicted molar refractivity (Wildman–Crippen MR) is 290 cm³/mol. The van der Waals surface area contributed by atoms with Crippen molar-refractivity contribution in [3.63, 3.8) is 0 Å². The third kappa shape index (κ3) is 4.94. The maximum Gasteiger partial charge on any atom is 0.333 e. The van der Waals surface area contributed by atoms with Gasteiger partial charge in [-0.2, -0.15) is 0 Å². The van der Waals surface area contributed by atoms with E-state index < -0.39 is 0 Å². The summed E-state index contributed by atoms with van der Waals surface area (Å²) < 4.78 is 9.57. The first-order valence-electron chi connectivity index (χ1n) is 27.1. The van der Waals surface area contributed by atoms with Crippen molar-refractivity contribution in [3.05, 3.63) is 163 Å². The van der Waals surface area contributed by atoms with E-state index in [4.69, 9.17) is 4.42 Å². The molecule has 70 heavy (non-hydrogen) atoms. The van der Waals surface area contributed by atoms with Gasteiger partial charge in [-0.15, -0.1) is 0 Å². The molecule has 0 N–H and O–H groups in total. The monoisotopic (exact) mass is 902 g/mol. The van der Waals surface area contributed by atoms with E-state index in [9.17, 15) is 0 Å². The lowest BCUT2D eigenvalue weighted by Gasteiger charge is -2.57. The highest BCUT2D eigenvalue weighted by molar-refractivity contribution is 6.94. The number of hydrogen-bond donors (Lipinski definition) is 0. The number of hydrogen-bond acceptors (Lipinski definition) is 2. The number of anilines is 2. The molecule has 3 nitrogen and oxygen atoms in total. The van der Waals surface area contributed by atoms with Crippen LogP contribution in [0.2, 0.25) is 0 Å². The van der Waals surface area contributed by atoms with Crippen LogP contribution in [0.4, 0.5) is 11.4 Å². The zero-order valence-electron chi connectivity index (χ0n) is 39.8. The molecule has 4 heterocycles. The quantitative estimate of drug-likeness (QED) is 0.164. The van der Waals surface area contributed by atoms with E-state index >= 15 is 0 Å². The van der Waals surface area contributed by atoms with Crippen LogP contribution in [0.15, 0.2) is 156 Å². The zero-order valence-corrected chi connectivity index (χ0v) is 39.8. The second kappa shape index (κ2) is 13.3. The molecule has 2 aromatic heterocycles. The van der Waals surface area contributed by atoms with Crippen molar-refractivity contribution in [2.75, 3.05) is 4.81 Å². The summed E-state index contributed by atoms with van der Waals surface area (Å²) in [6.07, 6.45) is 17.0. The summed E-state index contributed by atoms with van der Waals surface area (Å²) in [6, 6.07) is 59.3. The van der Waals surface area contributed by atoms with Gasteiger partial charge >= 0.3 is 6.85 Å². The zero-order chi connectivity index (χ0) is 45.2. The highest BCUT2D eigenvalue weighted by Gasteiger charge is 2.54. The van der Waals surface area contributed by atoms with E-state index in [0.29, 0.717) is 5.41 Å². The highest BCUT2D eigenvalue weighted by atomic mass is 16.3. The first kappa shape index (κ1) is 38.3. The molecule has 338 valence electrons. The van der Waals surface area contributed by atoms with Gasteiger partial charge in [0.1, 0.15) is 11.2 Å². The first-order valence-corrected chi connectivity index (χ1v) is 27.1. The third-order valence-corrected chi connectivity index (χ3v) is 20.6. The van der Waals surface area contributed by atoms with Gasteiger partial charge in [-0.05, 0) is 222 Å². The molecule has 8 fully saturated rings. The highest BCUT2D eigenvalue weighted by Crippen LogP contribution is 2.63. The molecule has 0 radical (unpaired) electrons. The van der Waals surface area contributed by atoms with Crippen LogP contribution in [0.25, 0.3) is 82.5 Å². The van der Waals surface area contributed by atoms with Crippen molar-refractivity contribution in [2.45, 2.75) is 87.9 Å². The Kier molecular flexibility index (Phi) is 7.25. The number of para-hydroxylation sites is 1. The molecular weight excluding hydrogens is 848 g/mol. The van der Waals surface area contributed by atoms with Gasteiger partial charge < -0.3 is 13.8 Å². The van der Waals surface area contributed by atoms with Gasteiger partial charge in [-0.25, -0.2) is 0 Å². The number of aromatic nitrogens is 1. The van der Waals surface area contributed by atoms with Gasteiger partial charge in [-0.1, -0.05) is 97.1 Å². The normalized spacial score (nSPS) is 28.5. The Morgan fingerprint density at radius 2 is 1.10 bits per heavy atom. The van der Waals surface area contributed by atoms with E-state index in [1.807, 2.05) is 0 Å². The summed E-state index contributed by atoms with van der Waals surface area (Å²) in [5.41, 5.74) is 20.4. The summed E-state index contributed by atoms with van der Waals surface area (Å²) in [6.45, 7) is -0.0453. The maximum absolute atomic E-state index is 6.78. The molecule has 8 aliphatic carbocycles. The topological polar surface area (TPSA) is 21.3 Å². The van der Waals surface area contributed by atoms with Crippen LogP contribution in [0.1, 0.15) is 88.2 Å². The number of fused-ring (bicyclic) bond motifs is 13. The fraction of sp³-hybridized carbons (Fsp3) is 0.303. The molecule has 20 rings (SSSR count). The number of nitrogens with zero attached hydrogens (tertiary/aromatic N) is 2. The minimum absolute atomic E-state index is 0.0453. The van der Waals surface area contributed by atoms with Crippen LogP contribution < -0.4 is 15.7 Å². The Morgan fingerprint density at radius 1 is 0.486 bits per heavy atom. The summed E-state index contributed by atoms with van der Waals surface area (Å²) in [5, 5.41) is 7.99. The SMILES string of the molecule is c1ccc(-c2ccc(N3B4c5c(cc6ccccc6c5-n5c6ccc(C78CC9CC(CC(C9)C7)C8)cc6c6cc(C78CC9CC(CC(C9)C7)C8)cc4c65)-c4c3ccc3oc5ccccc5c43)cc2)cc1. The first-order chi connectivity index (χ1) is 34.5. The molecule has 8 bridgehead atoms. The molecule has 0 atom stereocenters. The van der Waals surface area contributed by atoms with Crippen LogP contribution in [-0.4, -0.2) is 11.4 Å². The Morgan fingerprint density at radius 3 is 1.81 bits per heavy atom. The van der Waals surface area contributed by atoms with Crippen LogP contribution in [-0.2, 0) is 10.8 Å². The Labute approximate surface area is 409 Å². The molecular formula is C66H55BN2O. The second-order valence-corrected chi connectivity index (χ2v) is 24.4. The lowest BCUT2D eigenvalue weighted by molar-refractivity contribution is -0.00526. The lowest BCUT2D eigenvalue weighted by Crippen LogP contribution is -2.61. The van der Waals surface area contributed by atoms with Crippen molar-refractivity contribution in [3.8, 4) is 27.9 Å². The van der Waals surface area contributed by atoms with E-state index in [-0.39, 0.29) is 12.3 Å². The second-order valence-electron chi connectivity index (χ2n) is 24.4. The standard InChI is InChI=1S/C66H55BN2O/c1-2-8-44(9-3-1)45-14-17-49(18-15-45)69-57-20-21-59-61(51-12-6-7-13-58(51)70-59)60(57)54-28-46-10-4-5-11-50(46)64-62(54)67(69)55-31-48(66-35-41-25-42(36-66)27-43(26-41)37-66)30-53-52-29-47(16-19-56(52)68(64)63(53)55)65-32-38-22-39(33-65)24-40(23-38)34-65/h1-21,28-31,38-43H,22-27,32-37H2. The molecule has 0 spiro atoms. The molecule has 0 amide bonds. The van der Waals surface area contributed by atoms with Crippen LogP contribution in [0.3, 0.4) is 0 Å². The average Bonchev–Trinajstić information content (AvgIpc) is 3.93. The predicted octanol–water partition coefficient (Wildman–Crippen LogP) is 15.7. The van der Waals surface area contributed by atoms with Crippen molar-refractivity contribution in [2.24, 2.45) is 35.5 Å².